The molecule has 0 fully saturated rings. The molecule has 1 aromatic carbocycles. The van der Waals surface area contributed by atoms with Gasteiger partial charge in [-0.1, -0.05) is 11.6 Å². The molecule has 28 heavy (non-hydrogen) atoms. The third kappa shape index (κ3) is 3.36. The number of halogens is 1. The van der Waals surface area contributed by atoms with Crippen LogP contribution in [-0.4, -0.2) is 24.5 Å². The van der Waals surface area contributed by atoms with Crippen LogP contribution in [0.25, 0.3) is 16.7 Å². The number of nitrogens with one attached hydrogen (secondary N) is 2. The largest absolute Gasteiger partial charge is 0.347 e. The third-order valence-corrected chi connectivity index (χ3v) is 5.02. The fourth-order valence-corrected chi connectivity index (χ4v) is 3.25. The first-order chi connectivity index (χ1) is 13.4. The first kappa shape index (κ1) is 18.2. The van der Waals surface area contributed by atoms with Gasteiger partial charge in [0.2, 0.25) is 5.95 Å². The van der Waals surface area contributed by atoms with Crippen molar-refractivity contribution in [3.05, 3.63) is 75.2 Å². The Morgan fingerprint density at radius 1 is 1.18 bits per heavy atom. The van der Waals surface area contributed by atoms with Crippen LogP contribution in [-0.2, 0) is 0 Å². The number of aryl methyl sites for hydroxylation is 1. The molecule has 0 bridgehead atoms. The molecule has 7 nitrogen and oxygen atoms in total. The van der Waals surface area contributed by atoms with Crippen molar-refractivity contribution in [1.82, 2.24) is 24.5 Å². The fraction of sp³-hybridized carbons (Fsp3) is 0.200. The molecule has 142 valence electrons. The molecule has 1 unspecified atom stereocenters. The molecule has 0 saturated carbocycles. The van der Waals surface area contributed by atoms with Gasteiger partial charge in [-0.2, -0.15) is 4.98 Å². The zero-order chi connectivity index (χ0) is 19.8. The lowest BCUT2D eigenvalue weighted by molar-refractivity contribution is 0.836. The van der Waals surface area contributed by atoms with E-state index in [4.69, 9.17) is 11.6 Å². The van der Waals surface area contributed by atoms with Crippen molar-refractivity contribution in [1.29, 1.82) is 0 Å². The van der Waals surface area contributed by atoms with Crippen molar-refractivity contribution < 1.29 is 0 Å². The summed E-state index contributed by atoms with van der Waals surface area (Å²) >= 11 is 6.08. The highest BCUT2D eigenvalue weighted by atomic mass is 35.5. The molecular formula is C20H19ClN6O. The minimum absolute atomic E-state index is 0.160. The molecule has 3 heterocycles. The van der Waals surface area contributed by atoms with Gasteiger partial charge in [0, 0.05) is 33.4 Å². The zero-order valence-corrected chi connectivity index (χ0v) is 16.4. The minimum Gasteiger partial charge on any atom is -0.347 e. The van der Waals surface area contributed by atoms with E-state index in [2.05, 4.69) is 25.3 Å². The van der Waals surface area contributed by atoms with Gasteiger partial charge in [0.1, 0.15) is 12.1 Å². The second kappa shape index (κ2) is 7.09. The molecule has 2 N–H and O–H groups in total. The Morgan fingerprint density at radius 3 is 2.75 bits per heavy atom. The number of hydrogen-bond donors (Lipinski definition) is 2. The van der Waals surface area contributed by atoms with Crippen LogP contribution in [0.4, 0.5) is 5.95 Å². The summed E-state index contributed by atoms with van der Waals surface area (Å²) < 4.78 is 1.90. The predicted molar refractivity (Wildman–Crippen MR) is 110 cm³/mol. The molecule has 0 saturated heterocycles. The van der Waals surface area contributed by atoms with Gasteiger partial charge in [0.25, 0.3) is 5.56 Å². The van der Waals surface area contributed by atoms with E-state index in [1.807, 2.05) is 43.5 Å². The lowest BCUT2D eigenvalue weighted by atomic mass is 10.1. The highest BCUT2D eigenvalue weighted by Gasteiger charge is 2.14. The third-order valence-electron chi connectivity index (χ3n) is 4.79. The topological polar surface area (TPSA) is 88.5 Å². The SMILES string of the molecule is Cc1ncn(-c2ccnc(NC(C)c3cc4cc(Cl)ccc4[nH]c3=O)n2)c1C. The monoisotopic (exact) mass is 394 g/mol. The summed E-state index contributed by atoms with van der Waals surface area (Å²) in [6.07, 6.45) is 3.41. The number of anilines is 1. The van der Waals surface area contributed by atoms with Crippen LogP contribution < -0.4 is 10.9 Å². The smallest absolute Gasteiger partial charge is 0.253 e. The second-order valence-corrected chi connectivity index (χ2v) is 7.11. The highest BCUT2D eigenvalue weighted by Crippen LogP contribution is 2.21. The van der Waals surface area contributed by atoms with Crippen LogP contribution >= 0.6 is 11.6 Å². The fourth-order valence-electron chi connectivity index (χ4n) is 3.07. The average Bonchev–Trinajstić information content (AvgIpc) is 3.00. The number of aromatic amines is 1. The minimum atomic E-state index is -0.298. The molecule has 0 radical (unpaired) electrons. The van der Waals surface area contributed by atoms with Gasteiger partial charge in [-0.15, -0.1) is 0 Å². The molecule has 4 aromatic rings. The van der Waals surface area contributed by atoms with Gasteiger partial charge in [-0.05, 0) is 51.1 Å². The van der Waals surface area contributed by atoms with Crippen LogP contribution in [0.3, 0.4) is 0 Å². The van der Waals surface area contributed by atoms with E-state index < -0.39 is 0 Å². The second-order valence-electron chi connectivity index (χ2n) is 6.68. The van der Waals surface area contributed by atoms with E-state index >= 15 is 0 Å². The molecule has 0 spiro atoms. The summed E-state index contributed by atoms with van der Waals surface area (Å²) in [6, 6.07) is 8.72. The van der Waals surface area contributed by atoms with E-state index in [0.29, 0.717) is 22.4 Å². The molecule has 0 aliphatic heterocycles. The summed E-state index contributed by atoms with van der Waals surface area (Å²) in [4.78, 5) is 28.5. The van der Waals surface area contributed by atoms with Crippen LogP contribution in [0.5, 0.6) is 0 Å². The number of imidazole rings is 1. The van der Waals surface area contributed by atoms with Crippen molar-refractivity contribution in [2.45, 2.75) is 26.8 Å². The summed E-state index contributed by atoms with van der Waals surface area (Å²) in [7, 11) is 0. The number of aromatic nitrogens is 5. The number of nitrogens with zero attached hydrogens (tertiary/aromatic N) is 4. The molecule has 0 amide bonds. The van der Waals surface area contributed by atoms with E-state index in [-0.39, 0.29) is 11.6 Å². The van der Waals surface area contributed by atoms with E-state index in [9.17, 15) is 4.79 Å². The van der Waals surface area contributed by atoms with Crippen molar-refractivity contribution in [3.63, 3.8) is 0 Å². The van der Waals surface area contributed by atoms with Gasteiger partial charge in [0.15, 0.2) is 0 Å². The molecule has 4 rings (SSSR count). The predicted octanol–water partition coefficient (Wildman–Crippen LogP) is 3.95. The van der Waals surface area contributed by atoms with Gasteiger partial charge < -0.3 is 10.3 Å². The molecule has 1 atom stereocenters. The zero-order valence-electron chi connectivity index (χ0n) is 15.7. The lowest BCUT2D eigenvalue weighted by Crippen LogP contribution is -2.20. The summed E-state index contributed by atoms with van der Waals surface area (Å²) in [5.41, 5.74) is 3.13. The molecule has 0 aliphatic rings. The number of hydrogen-bond acceptors (Lipinski definition) is 5. The molecule has 3 aromatic heterocycles. The van der Waals surface area contributed by atoms with Crippen molar-refractivity contribution in [2.24, 2.45) is 0 Å². The van der Waals surface area contributed by atoms with Crippen LogP contribution in [0.1, 0.15) is 29.9 Å². The number of benzene rings is 1. The normalized spacial score (nSPS) is 12.3. The maximum Gasteiger partial charge on any atom is 0.253 e. The van der Waals surface area contributed by atoms with Crippen LogP contribution in [0.15, 0.2) is 47.7 Å². The maximum atomic E-state index is 12.5. The summed E-state index contributed by atoms with van der Waals surface area (Å²) in [5.74, 6) is 1.14. The number of pyridine rings is 1. The number of H-pyrrole nitrogens is 1. The highest BCUT2D eigenvalue weighted by molar-refractivity contribution is 6.31. The van der Waals surface area contributed by atoms with E-state index in [1.54, 1.807) is 24.7 Å². The maximum absolute atomic E-state index is 12.5. The standard InChI is InChI=1S/C20H19ClN6O/c1-11-13(3)27(10-23-11)18-6-7-22-20(26-18)24-12(2)16-9-14-8-15(21)4-5-17(14)25-19(16)28/h4-10,12H,1-3H3,(H,25,28)(H,22,24,26). The van der Waals surface area contributed by atoms with Crippen molar-refractivity contribution in [3.8, 4) is 5.82 Å². The Kier molecular flexibility index (Phi) is 4.60. The van der Waals surface area contributed by atoms with Gasteiger partial charge >= 0.3 is 0 Å². The quantitative estimate of drug-likeness (QED) is 0.547. The summed E-state index contributed by atoms with van der Waals surface area (Å²) in [5, 5.41) is 4.69. The Hall–Kier alpha value is -3.19. The van der Waals surface area contributed by atoms with Gasteiger partial charge in [-0.3, -0.25) is 9.36 Å². The van der Waals surface area contributed by atoms with Crippen LogP contribution in [0.2, 0.25) is 5.02 Å². The Bertz CT molecular complexity index is 1230. The lowest BCUT2D eigenvalue weighted by Gasteiger charge is -2.15. The first-order valence-electron chi connectivity index (χ1n) is 8.85. The van der Waals surface area contributed by atoms with Crippen molar-refractivity contribution >= 4 is 28.5 Å². The first-order valence-corrected chi connectivity index (χ1v) is 9.23. The summed E-state index contributed by atoms with van der Waals surface area (Å²) in [6.45, 7) is 5.83. The van der Waals surface area contributed by atoms with Gasteiger partial charge in [0.05, 0.1) is 11.7 Å². The Labute approximate surface area is 166 Å². The van der Waals surface area contributed by atoms with Gasteiger partial charge in [-0.25, -0.2) is 9.97 Å². The van der Waals surface area contributed by atoms with Crippen LogP contribution in [0, 0.1) is 13.8 Å². The van der Waals surface area contributed by atoms with E-state index in [1.165, 1.54) is 0 Å². The number of fused-ring (bicyclic) bond motifs is 1. The molecular weight excluding hydrogens is 376 g/mol. The molecule has 0 aliphatic carbocycles. The molecule has 8 heteroatoms. The average molecular weight is 395 g/mol. The Morgan fingerprint density at radius 2 is 2.00 bits per heavy atom. The van der Waals surface area contributed by atoms with E-state index in [0.717, 1.165) is 22.3 Å². The number of rotatable bonds is 4. The Balaban J connectivity index is 1.65. The van der Waals surface area contributed by atoms with Crippen molar-refractivity contribution in [2.75, 3.05) is 5.32 Å².